The lowest BCUT2D eigenvalue weighted by molar-refractivity contribution is -0.138. The van der Waals surface area contributed by atoms with Crippen molar-refractivity contribution >= 4 is 38.9 Å². The smallest absolute Gasteiger partial charge is 0.348 e. The first-order chi connectivity index (χ1) is 15.9. The van der Waals surface area contributed by atoms with E-state index in [0.29, 0.717) is 0 Å². The van der Waals surface area contributed by atoms with E-state index in [-0.39, 0.29) is 56.3 Å². The third-order valence-corrected chi connectivity index (χ3v) is 8.29. The summed E-state index contributed by atoms with van der Waals surface area (Å²) < 4.78 is 66.3. The van der Waals surface area contributed by atoms with E-state index in [1.807, 2.05) is 0 Å². The summed E-state index contributed by atoms with van der Waals surface area (Å²) in [5.74, 6) is -0.888. The van der Waals surface area contributed by atoms with Gasteiger partial charge in [0, 0.05) is 22.2 Å². The van der Waals surface area contributed by atoms with Crippen molar-refractivity contribution in [2.45, 2.75) is 43.8 Å². The highest BCUT2D eigenvalue weighted by molar-refractivity contribution is 7.91. The maximum atomic E-state index is 13.9. The zero-order valence-electron chi connectivity index (χ0n) is 18.4. The number of piperidine rings is 1. The summed E-state index contributed by atoms with van der Waals surface area (Å²) in [6.07, 6.45) is -3.01. The highest BCUT2D eigenvalue weighted by Crippen LogP contribution is 2.38. The van der Waals surface area contributed by atoms with Gasteiger partial charge in [0.05, 0.1) is 16.2 Å². The van der Waals surface area contributed by atoms with E-state index < -0.39 is 27.5 Å². The van der Waals surface area contributed by atoms with Crippen LogP contribution in [0.2, 0.25) is 10.0 Å². The Hall–Kier alpha value is -1.81. The molecule has 0 aliphatic carbocycles. The molecule has 0 atom stereocenters. The second-order valence-corrected chi connectivity index (χ2v) is 11.3. The van der Waals surface area contributed by atoms with E-state index in [4.69, 9.17) is 23.2 Å². The largest absolute Gasteiger partial charge is 0.416 e. The van der Waals surface area contributed by atoms with E-state index in [1.54, 1.807) is 0 Å². The van der Waals surface area contributed by atoms with Gasteiger partial charge in [-0.1, -0.05) is 30.1 Å². The highest BCUT2D eigenvalue weighted by atomic mass is 35.5. The number of amides is 1. The Bertz CT molecular complexity index is 1160. The summed E-state index contributed by atoms with van der Waals surface area (Å²) in [7, 11) is -3.60. The van der Waals surface area contributed by atoms with E-state index in [2.05, 4.69) is 10.6 Å². The van der Waals surface area contributed by atoms with Gasteiger partial charge in [0.1, 0.15) is 0 Å². The average Bonchev–Trinajstić information content (AvgIpc) is 2.78. The first-order valence-electron chi connectivity index (χ1n) is 10.8. The molecule has 0 bridgehead atoms. The van der Waals surface area contributed by atoms with Crippen molar-refractivity contribution in [2.24, 2.45) is 5.92 Å². The minimum atomic E-state index is -4.68. The SMILES string of the molecule is CCS(=O)(=O)c1ccc(Cl)cc1CNC(=O)c1cc(Cl)c(CC2CCNCC2)c(C(F)(F)F)c1. The van der Waals surface area contributed by atoms with Crippen LogP contribution in [-0.4, -0.2) is 33.2 Å². The Balaban J connectivity index is 1.87. The maximum absolute atomic E-state index is 13.9. The molecule has 1 heterocycles. The second-order valence-electron chi connectivity index (χ2n) is 8.22. The number of halogens is 5. The molecule has 0 aromatic heterocycles. The van der Waals surface area contributed by atoms with Gasteiger partial charge in [0.2, 0.25) is 0 Å². The van der Waals surface area contributed by atoms with Gasteiger partial charge in [-0.3, -0.25) is 4.79 Å². The van der Waals surface area contributed by atoms with Gasteiger partial charge < -0.3 is 10.6 Å². The zero-order valence-corrected chi connectivity index (χ0v) is 20.8. The summed E-state index contributed by atoms with van der Waals surface area (Å²) in [5.41, 5.74) is -0.954. The highest BCUT2D eigenvalue weighted by Gasteiger charge is 2.36. The lowest BCUT2D eigenvalue weighted by atomic mass is 9.88. The Morgan fingerprint density at radius 1 is 1.15 bits per heavy atom. The predicted octanol–water partition coefficient (Wildman–Crippen LogP) is 5.28. The number of benzene rings is 2. The number of nitrogens with one attached hydrogen (secondary N) is 2. The fraction of sp³-hybridized carbons (Fsp3) is 0.435. The molecule has 0 spiro atoms. The van der Waals surface area contributed by atoms with Crippen LogP contribution in [0, 0.1) is 5.92 Å². The Kier molecular flexibility index (Phi) is 8.55. The van der Waals surface area contributed by atoms with E-state index >= 15 is 0 Å². The first-order valence-corrected chi connectivity index (χ1v) is 13.2. The molecule has 2 aromatic carbocycles. The van der Waals surface area contributed by atoms with Gasteiger partial charge in [-0.15, -0.1) is 0 Å². The monoisotopic (exact) mass is 536 g/mol. The van der Waals surface area contributed by atoms with Crippen LogP contribution in [0.1, 0.15) is 46.8 Å². The van der Waals surface area contributed by atoms with Gasteiger partial charge in [0.25, 0.3) is 5.91 Å². The lowest BCUT2D eigenvalue weighted by Crippen LogP contribution is -2.29. The quantitative estimate of drug-likeness (QED) is 0.504. The van der Waals surface area contributed by atoms with Crippen LogP contribution in [0.15, 0.2) is 35.2 Å². The van der Waals surface area contributed by atoms with E-state index in [1.165, 1.54) is 31.2 Å². The molecule has 2 N–H and O–H groups in total. The molecule has 1 amide bonds. The minimum absolute atomic E-state index is 0.00559. The number of carbonyl (C=O) groups excluding carboxylic acids is 1. The third kappa shape index (κ3) is 6.44. The van der Waals surface area contributed by atoms with Gasteiger partial charge >= 0.3 is 6.18 Å². The average molecular weight is 537 g/mol. The molecule has 2 aromatic rings. The molecular formula is C23H25Cl2F3N2O3S. The number of rotatable bonds is 7. The number of alkyl halides is 3. The molecule has 186 valence electrons. The third-order valence-electron chi connectivity index (χ3n) is 5.89. The number of hydrogen-bond donors (Lipinski definition) is 2. The molecule has 1 aliphatic heterocycles. The van der Waals surface area contributed by atoms with Crippen LogP contribution < -0.4 is 10.6 Å². The lowest BCUT2D eigenvalue weighted by Gasteiger charge is -2.25. The summed E-state index contributed by atoms with van der Waals surface area (Å²) >= 11 is 12.2. The van der Waals surface area contributed by atoms with Crippen LogP contribution in [-0.2, 0) is 29.0 Å². The van der Waals surface area contributed by atoms with Crippen LogP contribution in [0.4, 0.5) is 13.2 Å². The van der Waals surface area contributed by atoms with Crippen LogP contribution in [0.25, 0.3) is 0 Å². The number of hydrogen-bond acceptors (Lipinski definition) is 4. The topological polar surface area (TPSA) is 75.3 Å². The van der Waals surface area contributed by atoms with Crippen molar-refractivity contribution in [2.75, 3.05) is 18.8 Å². The fourth-order valence-electron chi connectivity index (χ4n) is 4.03. The Morgan fingerprint density at radius 3 is 2.44 bits per heavy atom. The molecule has 1 fully saturated rings. The van der Waals surface area contributed by atoms with Gasteiger partial charge in [-0.2, -0.15) is 13.2 Å². The van der Waals surface area contributed by atoms with E-state index in [9.17, 15) is 26.4 Å². The normalized spacial score (nSPS) is 15.4. The predicted molar refractivity (Wildman–Crippen MR) is 126 cm³/mol. The van der Waals surface area contributed by atoms with Crippen molar-refractivity contribution in [3.05, 3.63) is 62.6 Å². The molecule has 11 heteroatoms. The Morgan fingerprint density at radius 2 is 1.82 bits per heavy atom. The van der Waals surface area contributed by atoms with Crippen molar-refractivity contribution in [3.63, 3.8) is 0 Å². The fourth-order valence-corrected chi connectivity index (χ4v) is 5.63. The van der Waals surface area contributed by atoms with Crippen molar-refractivity contribution in [1.29, 1.82) is 0 Å². The molecule has 0 radical (unpaired) electrons. The number of carbonyl (C=O) groups is 1. The number of sulfone groups is 1. The summed E-state index contributed by atoms with van der Waals surface area (Å²) in [5, 5.41) is 5.82. The van der Waals surface area contributed by atoms with Gasteiger partial charge in [0.15, 0.2) is 9.84 Å². The summed E-state index contributed by atoms with van der Waals surface area (Å²) in [6.45, 7) is 2.73. The van der Waals surface area contributed by atoms with Crippen molar-refractivity contribution in [1.82, 2.24) is 10.6 Å². The van der Waals surface area contributed by atoms with Crippen LogP contribution in [0.5, 0.6) is 0 Å². The standard InChI is InChI=1S/C23H25Cl2F3N2O3S/c1-2-34(32,33)21-4-3-17(24)10-16(21)13-30-22(31)15-11-19(23(26,27)28)18(20(25)12-15)9-14-5-7-29-8-6-14/h3-4,10-12,14,29H,2,5-9,13H2,1H3,(H,30,31). The molecule has 0 saturated carbocycles. The molecule has 34 heavy (non-hydrogen) atoms. The molecule has 5 nitrogen and oxygen atoms in total. The maximum Gasteiger partial charge on any atom is 0.416 e. The second kappa shape index (κ2) is 10.8. The van der Waals surface area contributed by atoms with Crippen molar-refractivity contribution < 1.29 is 26.4 Å². The van der Waals surface area contributed by atoms with Crippen LogP contribution in [0.3, 0.4) is 0 Å². The summed E-state index contributed by atoms with van der Waals surface area (Å²) in [6, 6.07) is 6.20. The van der Waals surface area contributed by atoms with Crippen LogP contribution >= 0.6 is 23.2 Å². The molecule has 1 aliphatic rings. The van der Waals surface area contributed by atoms with Crippen molar-refractivity contribution in [3.8, 4) is 0 Å². The molecule has 1 saturated heterocycles. The summed E-state index contributed by atoms with van der Waals surface area (Å²) in [4.78, 5) is 12.7. The molecule has 0 unspecified atom stereocenters. The first kappa shape index (κ1) is 26.8. The van der Waals surface area contributed by atoms with Gasteiger partial charge in [-0.05, 0) is 79.7 Å². The van der Waals surface area contributed by atoms with E-state index in [0.717, 1.165) is 32.0 Å². The molecular weight excluding hydrogens is 512 g/mol. The zero-order chi connectivity index (χ0) is 25.1. The van der Waals surface area contributed by atoms with Gasteiger partial charge in [-0.25, -0.2) is 8.42 Å². The molecule has 3 rings (SSSR count). The Labute approximate surface area is 206 Å². The minimum Gasteiger partial charge on any atom is -0.348 e.